The Morgan fingerprint density at radius 2 is 1.45 bits per heavy atom. The van der Waals surface area contributed by atoms with Gasteiger partial charge in [-0.2, -0.15) is 8.78 Å². The molecular weight excluding hydrogens is 329 g/mol. The first-order valence-corrected chi connectivity index (χ1v) is 6.80. The maximum Gasteiger partial charge on any atom is 0.387 e. The van der Waals surface area contributed by atoms with E-state index in [4.69, 9.17) is 34.8 Å². The molecule has 0 aliphatic carbocycles. The Labute approximate surface area is 130 Å². The second-order valence-corrected chi connectivity index (χ2v) is 5.23. The van der Waals surface area contributed by atoms with Crippen molar-refractivity contribution in [2.24, 2.45) is 0 Å². The number of benzene rings is 2. The molecule has 0 heterocycles. The van der Waals surface area contributed by atoms with Crippen LogP contribution in [-0.2, 0) is 0 Å². The molecule has 20 heavy (non-hydrogen) atoms. The van der Waals surface area contributed by atoms with Gasteiger partial charge < -0.3 is 4.74 Å². The highest BCUT2D eigenvalue weighted by atomic mass is 35.5. The first-order valence-electron chi connectivity index (χ1n) is 5.61. The van der Waals surface area contributed by atoms with Crippen LogP contribution >= 0.6 is 34.8 Å². The van der Waals surface area contributed by atoms with E-state index in [1.54, 1.807) is 30.3 Å². The summed E-state index contributed by atoms with van der Waals surface area (Å²) in [6.45, 7) is -2.84. The molecule has 0 N–H and O–H groups in total. The lowest BCUT2D eigenvalue weighted by Gasteiger charge is -2.12. The number of hydrogen-bond donors (Lipinski definition) is 0. The summed E-state index contributed by atoms with van der Waals surface area (Å²) in [5.74, 6) is 0.0850. The Bertz CT molecular complexity index is 587. The molecule has 106 valence electrons. The zero-order valence-electron chi connectivity index (χ0n) is 9.99. The van der Waals surface area contributed by atoms with E-state index in [1.807, 2.05) is 0 Å². The van der Waals surface area contributed by atoms with Crippen molar-refractivity contribution in [3.05, 3.63) is 63.6 Å². The van der Waals surface area contributed by atoms with Crippen LogP contribution in [0.15, 0.2) is 42.5 Å². The van der Waals surface area contributed by atoms with Crippen LogP contribution in [0.1, 0.15) is 16.5 Å². The van der Waals surface area contributed by atoms with Crippen molar-refractivity contribution in [3.8, 4) is 5.75 Å². The zero-order chi connectivity index (χ0) is 14.7. The summed E-state index contributed by atoms with van der Waals surface area (Å²) in [5, 5.41) is 0.401. The van der Waals surface area contributed by atoms with E-state index < -0.39 is 12.0 Å². The van der Waals surface area contributed by atoms with Crippen molar-refractivity contribution in [3.63, 3.8) is 0 Å². The highest BCUT2D eigenvalue weighted by Gasteiger charge is 2.13. The van der Waals surface area contributed by atoms with Crippen LogP contribution in [0.3, 0.4) is 0 Å². The van der Waals surface area contributed by atoms with Crippen LogP contribution in [0.2, 0.25) is 10.0 Å². The molecule has 0 aliphatic rings. The predicted octanol–water partition coefficient (Wildman–Crippen LogP) is 5.92. The summed E-state index contributed by atoms with van der Waals surface area (Å²) < 4.78 is 28.4. The van der Waals surface area contributed by atoms with Gasteiger partial charge in [-0.05, 0) is 35.4 Å². The second-order valence-electron chi connectivity index (χ2n) is 3.98. The number of ether oxygens (including phenoxy) is 1. The molecule has 2 aromatic carbocycles. The Kier molecular flexibility index (Phi) is 5.08. The third kappa shape index (κ3) is 3.75. The molecule has 0 saturated heterocycles. The van der Waals surface area contributed by atoms with Crippen LogP contribution in [0, 0.1) is 0 Å². The lowest BCUT2D eigenvalue weighted by Crippen LogP contribution is -2.02. The van der Waals surface area contributed by atoms with Gasteiger partial charge in [0.05, 0.1) is 15.4 Å². The topological polar surface area (TPSA) is 9.23 Å². The lowest BCUT2D eigenvalue weighted by molar-refractivity contribution is -0.0498. The van der Waals surface area contributed by atoms with Gasteiger partial charge in [0.25, 0.3) is 0 Å². The highest BCUT2D eigenvalue weighted by Crippen LogP contribution is 2.33. The molecule has 2 aromatic rings. The summed E-state index contributed by atoms with van der Waals surface area (Å²) in [6, 6.07) is 11.2. The van der Waals surface area contributed by atoms with Crippen LogP contribution in [-0.4, -0.2) is 6.61 Å². The third-order valence-electron chi connectivity index (χ3n) is 2.63. The Morgan fingerprint density at radius 1 is 0.850 bits per heavy atom. The molecule has 6 heteroatoms. The summed E-state index contributed by atoms with van der Waals surface area (Å²) in [5.41, 5.74) is 1.51. The molecular formula is C14H9Cl3F2O. The second kappa shape index (κ2) is 6.61. The fraction of sp³-hybridized carbons (Fsp3) is 0.143. The van der Waals surface area contributed by atoms with Crippen molar-refractivity contribution in [1.82, 2.24) is 0 Å². The van der Waals surface area contributed by atoms with Crippen molar-refractivity contribution in [2.45, 2.75) is 12.0 Å². The molecule has 0 radical (unpaired) electrons. The van der Waals surface area contributed by atoms with Crippen LogP contribution in [0.25, 0.3) is 0 Å². The SMILES string of the molecule is FC(F)Oc1ccc(C(Cl)c2ccc(Cl)c(Cl)c2)cc1. The van der Waals surface area contributed by atoms with Crippen molar-refractivity contribution >= 4 is 34.8 Å². The fourth-order valence-electron chi connectivity index (χ4n) is 1.68. The van der Waals surface area contributed by atoms with E-state index in [-0.39, 0.29) is 5.75 Å². The van der Waals surface area contributed by atoms with Gasteiger partial charge in [0.15, 0.2) is 0 Å². The molecule has 1 atom stereocenters. The van der Waals surface area contributed by atoms with Crippen molar-refractivity contribution in [2.75, 3.05) is 0 Å². The smallest absolute Gasteiger partial charge is 0.387 e. The summed E-state index contributed by atoms with van der Waals surface area (Å²) in [4.78, 5) is 0. The number of alkyl halides is 3. The largest absolute Gasteiger partial charge is 0.435 e. The van der Waals surface area contributed by atoms with Crippen LogP contribution < -0.4 is 4.74 Å². The van der Waals surface area contributed by atoms with Crippen molar-refractivity contribution < 1.29 is 13.5 Å². The standard InChI is InChI=1S/C14H9Cl3F2O/c15-11-6-3-9(7-12(11)16)13(17)8-1-4-10(5-2-8)20-14(18)19/h1-7,13-14H. The Balaban J connectivity index is 2.20. The predicted molar refractivity (Wildman–Crippen MR) is 77.2 cm³/mol. The summed E-state index contributed by atoms with van der Waals surface area (Å²) in [7, 11) is 0. The van der Waals surface area contributed by atoms with Gasteiger partial charge in [-0.3, -0.25) is 0 Å². The lowest BCUT2D eigenvalue weighted by atomic mass is 10.0. The van der Waals surface area contributed by atoms with Gasteiger partial charge in [-0.25, -0.2) is 0 Å². The monoisotopic (exact) mass is 336 g/mol. The number of halogens is 5. The molecule has 0 spiro atoms. The number of hydrogen-bond acceptors (Lipinski definition) is 1. The van der Waals surface area contributed by atoms with Gasteiger partial charge in [-0.15, -0.1) is 11.6 Å². The summed E-state index contributed by atoms with van der Waals surface area (Å²) >= 11 is 18.1. The van der Waals surface area contributed by atoms with E-state index >= 15 is 0 Å². The van der Waals surface area contributed by atoms with Gasteiger partial charge >= 0.3 is 6.61 Å². The number of rotatable bonds is 4. The molecule has 0 saturated carbocycles. The Hall–Kier alpha value is -1.03. The van der Waals surface area contributed by atoms with Gasteiger partial charge in [0, 0.05) is 0 Å². The molecule has 0 fully saturated rings. The molecule has 0 bridgehead atoms. The maximum absolute atomic E-state index is 12.1. The molecule has 2 rings (SSSR count). The average Bonchev–Trinajstić information content (AvgIpc) is 2.41. The fourth-order valence-corrected chi connectivity index (χ4v) is 2.27. The van der Waals surface area contributed by atoms with Crippen molar-refractivity contribution in [1.29, 1.82) is 0 Å². The van der Waals surface area contributed by atoms with Gasteiger partial charge in [0.1, 0.15) is 5.75 Å². The quantitative estimate of drug-likeness (QED) is 0.629. The zero-order valence-corrected chi connectivity index (χ0v) is 12.3. The molecule has 0 aliphatic heterocycles. The maximum atomic E-state index is 12.1. The Morgan fingerprint density at radius 3 is 2.00 bits per heavy atom. The minimum Gasteiger partial charge on any atom is -0.435 e. The molecule has 1 nitrogen and oxygen atoms in total. The highest BCUT2D eigenvalue weighted by molar-refractivity contribution is 6.42. The molecule has 1 unspecified atom stereocenters. The average molecular weight is 338 g/mol. The molecule has 0 amide bonds. The van der Waals surface area contributed by atoms with E-state index in [0.29, 0.717) is 10.0 Å². The third-order valence-corrected chi connectivity index (χ3v) is 3.88. The van der Waals surface area contributed by atoms with Crippen LogP contribution in [0.4, 0.5) is 8.78 Å². The minimum absolute atomic E-state index is 0.0850. The van der Waals surface area contributed by atoms with Crippen LogP contribution in [0.5, 0.6) is 5.75 Å². The first-order chi connectivity index (χ1) is 9.47. The van der Waals surface area contributed by atoms with E-state index in [9.17, 15) is 8.78 Å². The minimum atomic E-state index is -2.84. The molecule has 0 aromatic heterocycles. The normalized spacial score (nSPS) is 12.5. The first kappa shape index (κ1) is 15.4. The van der Waals surface area contributed by atoms with E-state index in [0.717, 1.165) is 11.1 Å². The van der Waals surface area contributed by atoms with E-state index in [1.165, 1.54) is 12.1 Å². The summed E-state index contributed by atoms with van der Waals surface area (Å²) in [6.07, 6.45) is 0. The van der Waals surface area contributed by atoms with Gasteiger partial charge in [0.2, 0.25) is 0 Å². The van der Waals surface area contributed by atoms with E-state index in [2.05, 4.69) is 4.74 Å². The van der Waals surface area contributed by atoms with Gasteiger partial charge in [-0.1, -0.05) is 41.4 Å².